The van der Waals surface area contributed by atoms with E-state index in [2.05, 4.69) is 37.1 Å². The maximum Gasteiger partial charge on any atom is 0.131 e. The predicted molar refractivity (Wildman–Crippen MR) is 65.6 cm³/mol. The van der Waals surface area contributed by atoms with Gasteiger partial charge in [-0.3, -0.25) is 0 Å². The molecule has 0 saturated carbocycles. The Morgan fingerprint density at radius 1 is 1.53 bits per heavy atom. The van der Waals surface area contributed by atoms with Crippen molar-refractivity contribution in [2.75, 3.05) is 5.32 Å². The molecular formula is C11H14BrN3. The van der Waals surface area contributed by atoms with Gasteiger partial charge in [0.05, 0.1) is 5.54 Å². The molecule has 0 spiro atoms. The molecule has 0 amide bonds. The fourth-order valence-corrected chi connectivity index (χ4v) is 1.46. The second-order valence-corrected chi connectivity index (χ2v) is 4.55. The Labute approximate surface area is 98.8 Å². The second-order valence-electron chi connectivity index (χ2n) is 3.74. The van der Waals surface area contributed by atoms with Crippen molar-refractivity contribution in [3.8, 4) is 12.3 Å². The molecule has 1 rings (SSSR count). The molecule has 1 heterocycles. The van der Waals surface area contributed by atoms with Crippen molar-refractivity contribution < 1.29 is 0 Å². The van der Waals surface area contributed by atoms with Crippen LogP contribution in [0.3, 0.4) is 0 Å². The highest BCUT2D eigenvalue weighted by atomic mass is 79.9. The Balaban J connectivity index is 2.96. The van der Waals surface area contributed by atoms with Crippen LogP contribution in [0.25, 0.3) is 0 Å². The Hall–Kier alpha value is -1.08. The van der Waals surface area contributed by atoms with Crippen molar-refractivity contribution in [3.05, 3.63) is 16.5 Å². The van der Waals surface area contributed by atoms with Crippen LogP contribution >= 0.6 is 15.9 Å². The molecule has 0 atom stereocenters. The minimum atomic E-state index is -0.404. The number of aromatic nitrogens is 2. The summed E-state index contributed by atoms with van der Waals surface area (Å²) in [7, 11) is 0. The van der Waals surface area contributed by atoms with Crippen molar-refractivity contribution in [1.29, 1.82) is 0 Å². The first-order valence-corrected chi connectivity index (χ1v) is 5.55. The topological polar surface area (TPSA) is 37.8 Å². The number of hydrogen-bond acceptors (Lipinski definition) is 3. The summed E-state index contributed by atoms with van der Waals surface area (Å²) in [5.74, 6) is 4.20. The van der Waals surface area contributed by atoms with Crippen molar-refractivity contribution in [2.24, 2.45) is 0 Å². The molecule has 4 heteroatoms. The Kier molecular flexibility index (Phi) is 3.70. The fourth-order valence-electron chi connectivity index (χ4n) is 1.04. The van der Waals surface area contributed by atoms with Crippen LogP contribution in [-0.2, 0) is 6.42 Å². The van der Waals surface area contributed by atoms with E-state index in [0.29, 0.717) is 0 Å². The highest BCUT2D eigenvalue weighted by molar-refractivity contribution is 9.10. The molecule has 0 aliphatic carbocycles. The molecule has 0 aliphatic rings. The third-order valence-electron chi connectivity index (χ3n) is 1.86. The van der Waals surface area contributed by atoms with E-state index in [9.17, 15) is 0 Å². The van der Waals surface area contributed by atoms with E-state index in [1.165, 1.54) is 0 Å². The molecule has 0 unspecified atom stereocenters. The van der Waals surface area contributed by atoms with Gasteiger partial charge in [-0.2, -0.15) is 0 Å². The summed E-state index contributed by atoms with van der Waals surface area (Å²) in [6.45, 7) is 5.86. The van der Waals surface area contributed by atoms with Crippen LogP contribution in [0.2, 0.25) is 0 Å². The predicted octanol–water partition coefficient (Wildman–Crippen LogP) is 2.63. The van der Waals surface area contributed by atoms with Gasteiger partial charge in [-0.05, 0) is 29.8 Å². The summed E-state index contributed by atoms with van der Waals surface area (Å²) in [6.07, 6.45) is 6.19. The summed E-state index contributed by atoms with van der Waals surface area (Å²) in [4.78, 5) is 8.56. The first-order valence-electron chi connectivity index (χ1n) is 4.76. The summed E-state index contributed by atoms with van der Waals surface area (Å²) < 4.78 is 0.768. The van der Waals surface area contributed by atoms with Crippen molar-refractivity contribution in [2.45, 2.75) is 32.7 Å². The van der Waals surface area contributed by atoms with Crippen LogP contribution in [0.4, 0.5) is 5.82 Å². The molecule has 0 fully saturated rings. The number of hydrogen-bond donors (Lipinski definition) is 1. The van der Waals surface area contributed by atoms with Gasteiger partial charge in [-0.15, -0.1) is 6.42 Å². The third kappa shape index (κ3) is 3.52. The van der Waals surface area contributed by atoms with Gasteiger partial charge in [0, 0.05) is 12.5 Å². The molecule has 1 N–H and O–H groups in total. The molecule has 0 radical (unpaired) electrons. The minimum absolute atomic E-state index is 0.404. The van der Waals surface area contributed by atoms with Crippen LogP contribution in [0.15, 0.2) is 10.7 Å². The smallest absolute Gasteiger partial charge is 0.131 e. The third-order valence-corrected chi connectivity index (χ3v) is 2.27. The van der Waals surface area contributed by atoms with Crippen LogP contribution < -0.4 is 5.32 Å². The number of aryl methyl sites for hydroxylation is 1. The van der Waals surface area contributed by atoms with Gasteiger partial charge in [0.1, 0.15) is 16.2 Å². The molecule has 3 nitrogen and oxygen atoms in total. The molecule has 1 aromatic rings. The van der Waals surface area contributed by atoms with Crippen molar-refractivity contribution in [1.82, 2.24) is 9.97 Å². The zero-order chi connectivity index (χ0) is 11.5. The quantitative estimate of drug-likeness (QED) is 0.676. The number of rotatable bonds is 3. The number of halogens is 1. The Morgan fingerprint density at radius 3 is 2.73 bits per heavy atom. The standard InChI is InChI=1S/C11H14BrN3/c1-5-9-13-8(12)7-10(14-9)15-11(3,4)6-2/h2,7H,5H2,1,3-4H3,(H,13,14,15). The lowest BCUT2D eigenvalue weighted by Gasteiger charge is -2.20. The summed E-state index contributed by atoms with van der Waals surface area (Å²) in [6, 6.07) is 1.82. The molecule has 15 heavy (non-hydrogen) atoms. The van der Waals surface area contributed by atoms with Gasteiger partial charge < -0.3 is 5.32 Å². The zero-order valence-electron chi connectivity index (χ0n) is 9.13. The largest absolute Gasteiger partial charge is 0.354 e. The van der Waals surface area contributed by atoms with E-state index in [1.807, 2.05) is 26.8 Å². The molecule has 0 aromatic carbocycles. The monoisotopic (exact) mass is 267 g/mol. The zero-order valence-corrected chi connectivity index (χ0v) is 10.7. The molecule has 0 saturated heterocycles. The second kappa shape index (κ2) is 4.63. The molecule has 0 bridgehead atoms. The van der Waals surface area contributed by atoms with Crippen LogP contribution in [0.5, 0.6) is 0 Å². The van der Waals surface area contributed by atoms with Crippen molar-refractivity contribution >= 4 is 21.7 Å². The SMILES string of the molecule is C#CC(C)(C)Nc1cc(Br)nc(CC)n1. The average Bonchev–Trinajstić information content (AvgIpc) is 2.16. The molecule has 0 aliphatic heterocycles. The maximum absolute atomic E-state index is 5.40. The molecule has 80 valence electrons. The first-order chi connectivity index (χ1) is 6.96. The van der Waals surface area contributed by atoms with Gasteiger partial charge >= 0.3 is 0 Å². The summed E-state index contributed by atoms with van der Waals surface area (Å²) in [5, 5.41) is 3.17. The highest BCUT2D eigenvalue weighted by Gasteiger charge is 2.14. The van der Waals surface area contributed by atoms with E-state index in [4.69, 9.17) is 6.42 Å². The number of nitrogens with one attached hydrogen (secondary N) is 1. The summed E-state index contributed by atoms with van der Waals surface area (Å²) >= 11 is 3.34. The van der Waals surface area contributed by atoms with E-state index in [1.54, 1.807) is 0 Å². The maximum atomic E-state index is 5.40. The minimum Gasteiger partial charge on any atom is -0.354 e. The van der Waals surface area contributed by atoms with E-state index in [-0.39, 0.29) is 0 Å². The van der Waals surface area contributed by atoms with Gasteiger partial charge in [-0.1, -0.05) is 12.8 Å². The summed E-state index contributed by atoms with van der Waals surface area (Å²) in [5.41, 5.74) is -0.404. The Morgan fingerprint density at radius 2 is 2.20 bits per heavy atom. The lowest BCUT2D eigenvalue weighted by molar-refractivity contribution is 0.731. The van der Waals surface area contributed by atoms with Crippen LogP contribution in [0, 0.1) is 12.3 Å². The van der Waals surface area contributed by atoms with E-state index >= 15 is 0 Å². The lowest BCUT2D eigenvalue weighted by atomic mass is 10.1. The van der Waals surface area contributed by atoms with Crippen LogP contribution in [0.1, 0.15) is 26.6 Å². The first kappa shape index (κ1) is 12.0. The average molecular weight is 268 g/mol. The van der Waals surface area contributed by atoms with E-state index in [0.717, 1.165) is 22.7 Å². The Bertz CT molecular complexity index is 393. The fraction of sp³-hybridized carbons (Fsp3) is 0.455. The highest BCUT2D eigenvalue weighted by Crippen LogP contribution is 2.16. The number of terminal acetylenes is 1. The van der Waals surface area contributed by atoms with Crippen LogP contribution in [-0.4, -0.2) is 15.5 Å². The van der Waals surface area contributed by atoms with Gasteiger partial charge in [0.2, 0.25) is 0 Å². The molecular weight excluding hydrogens is 254 g/mol. The number of anilines is 1. The van der Waals surface area contributed by atoms with E-state index < -0.39 is 5.54 Å². The normalized spacial score (nSPS) is 10.9. The molecule has 1 aromatic heterocycles. The number of nitrogens with zero attached hydrogens (tertiary/aromatic N) is 2. The lowest BCUT2D eigenvalue weighted by Crippen LogP contribution is -2.29. The van der Waals surface area contributed by atoms with Gasteiger partial charge in [-0.25, -0.2) is 9.97 Å². The van der Waals surface area contributed by atoms with Gasteiger partial charge in [0.25, 0.3) is 0 Å². The van der Waals surface area contributed by atoms with Crippen molar-refractivity contribution in [3.63, 3.8) is 0 Å². The van der Waals surface area contributed by atoms with Gasteiger partial charge in [0.15, 0.2) is 0 Å².